The van der Waals surface area contributed by atoms with Crippen LogP contribution in [0.15, 0.2) is 38.0 Å². The lowest BCUT2D eigenvalue weighted by atomic mass is 10.1. The Morgan fingerprint density at radius 1 is 0.404 bits per heavy atom. The molecule has 14 rings (SSSR count). The Morgan fingerprint density at radius 2 is 0.711 bits per heavy atom. The van der Waals surface area contributed by atoms with E-state index >= 15 is 0 Å². The van der Waals surface area contributed by atoms with E-state index in [1.54, 1.807) is 20.8 Å². The average molecular weight is 1740 g/mol. The first kappa shape index (κ1) is 91.4. The number of aliphatic hydroxyl groups is 22. The van der Waals surface area contributed by atoms with Crippen LogP contribution in [0.4, 0.5) is 11.9 Å². The van der Waals surface area contributed by atoms with Crippen molar-refractivity contribution in [2.24, 2.45) is 0 Å². The van der Waals surface area contributed by atoms with E-state index in [2.05, 4.69) is 94.3 Å². The Balaban J connectivity index is 0.000000167. The van der Waals surface area contributed by atoms with Gasteiger partial charge in [0.25, 0.3) is 0 Å². The standard InChI is InChI=1S/C11H15N3O4.C10H13N3O4.C9H15N3O4.C8H13N3O5.C7H10IN3O4.C7H10N4O6.C7H12N4O4/c1-3-4-8-12-6(2)14(13-8)11-10(17)9(16)7(5-15)18-11;1-2-3-7-11-5-13(12-7)10-9(16)8(15)6(4-14)17-10;1-2-6-10-4-12(11-6)9-8(15)7(14)5(3-13)16-9;12-1-4-6(14)7(15)8(16-4)11-3-9-5(2-13)10-11;8-7-9-2-11(10-7)6-5(14)4(13)3(1-12)15-6;12-1-3-4(13)5(14)6(17-3)10-2-8-7(9-10)11(15)16;8-7-9-2-11(10-7)6-5(14)4(13)3(1-12)15-6/h7,9-11,15-17H,5H2,1-2H3;5-6,8-10,14-16H,4H2,1H3;4-5,7-9,13-15H,2-3H2,1H3;3-4,6-8,12-15H,1-2H2;2-6,12-14H,1H2;2-6,12-14H,1H2;2-6,12-14H,1H2,(H2,8,10)/t7-,9?,10+,11-;6-,8?,9+,10-;5-,7?,8+,9-;4-,6?,7+,8-;3*3-,4?,5+,6-/m1111111/s1. The van der Waals surface area contributed by atoms with Gasteiger partial charge in [-0.1, -0.05) is 23.7 Å². The number of aromatic nitrogens is 21. The summed E-state index contributed by atoms with van der Waals surface area (Å²) in [7, 11) is 0. The highest BCUT2D eigenvalue weighted by Crippen LogP contribution is 2.35. The van der Waals surface area contributed by atoms with Crippen LogP contribution in [-0.4, -0.2) is 395 Å². The van der Waals surface area contributed by atoms with Gasteiger partial charge >= 0.3 is 5.95 Å². The molecular formula is C59H88IN23O31. The van der Waals surface area contributed by atoms with Crippen LogP contribution in [0.2, 0.25) is 0 Å². The zero-order valence-electron chi connectivity index (χ0n) is 60.3. The maximum absolute atomic E-state index is 10.4. The molecule has 7 unspecified atom stereocenters. The van der Waals surface area contributed by atoms with Gasteiger partial charge in [-0.05, 0) is 37.5 Å². The fraction of sp³-hybridized carbons (Fsp3) is 0.695. The first-order valence-electron chi connectivity index (χ1n) is 34.2. The van der Waals surface area contributed by atoms with Crippen molar-refractivity contribution in [3.63, 3.8) is 0 Å². The van der Waals surface area contributed by atoms with Crippen LogP contribution in [0.1, 0.15) is 93.5 Å². The lowest BCUT2D eigenvalue weighted by molar-refractivity contribution is -0.394. The molecule has 14 heterocycles. The summed E-state index contributed by atoms with van der Waals surface area (Å²) >= 11 is 1.92. The fourth-order valence-corrected chi connectivity index (χ4v) is 11.8. The second-order valence-corrected chi connectivity index (χ2v) is 25.9. The van der Waals surface area contributed by atoms with Crippen LogP contribution < -0.4 is 5.73 Å². The third-order valence-electron chi connectivity index (χ3n) is 17.4. The molecule has 7 aliphatic rings. The third kappa shape index (κ3) is 21.5. The summed E-state index contributed by atoms with van der Waals surface area (Å²) in [6, 6.07) is 0. The highest BCUT2D eigenvalue weighted by molar-refractivity contribution is 14.1. The largest absolute Gasteiger partial charge is 0.491 e. The zero-order valence-corrected chi connectivity index (χ0v) is 62.5. The molecule has 7 aliphatic heterocycles. The van der Waals surface area contributed by atoms with Crippen molar-refractivity contribution in [2.75, 3.05) is 52.0 Å². The van der Waals surface area contributed by atoms with Crippen LogP contribution in [0.25, 0.3) is 0 Å². The van der Waals surface area contributed by atoms with E-state index in [-0.39, 0.29) is 51.4 Å². The molecule has 0 bridgehead atoms. The molecule has 7 fully saturated rings. The number of nitrogens with zero attached hydrogens (tertiary/aromatic N) is 22. The van der Waals surface area contributed by atoms with Crippen molar-refractivity contribution in [1.29, 1.82) is 0 Å². The van der Waals surface area contributed by atoms with Gasteiger partial charge in [0.2, 0.25) is 27.8 Å². The van der Waals surface area contributed by atoms with Crippen LogP contribution in [0.5, 0.6) is 0 Å². The van der Waals surface area contributed by atoms with Crippen molar-refractivity contribution in [2.45, 2.75) is 213 Å². The molecule has 24 N–H and O–H groups in total. The Hall–Kier alpha value is -8.13. The van der Waals surface area contributed by atoms with Crippen LogP contribution in [0, 0.1) is 44.6 Å². The summed E-state index contributed by atoms with van der Waals surface area (Å²) in [5.41, 5.74) is 5.30. The van der Waals surface area contributed by atoms with Crippen LogP contribution in [-0.2, 0) is 46.2 Å². The Kier molecular flexibility index (Phi) is 33.8. The number of aliphatic hydroxyl groups excluding tert-OH is 22. The number of anilines is 1. The molecule has 54 nitrogen and oxygen atoms in total. The molecule has 7 aromatic rings. The van der Waals surface area contributed by atoms with E-state index in [4.69, 9.17) is 79.7 Å². The highest BCUT2D eigenvalue weighted by atomic mass is 127. The molecular weight excluding hydrogens is 1650 g/mol. The summed E-state index contributed by atoms with van der Waals surface area (Å²) < 4.78 is 45.9. The van der Waals surface area contributed by atoms with Gasteiger partial charge in [-0.2, -0.15) is 10.2 Å². The van der Waals surface area contributed by atoms with Crippen molar-refractivity contribution in [3.05, 3.63) is 81.0 Å². The third-order valence-corrected chi connectivity index (χ3v) is 17.9. The average Bonchev–Trinajstić information content (AvgIpc) is 1.69. The van der Waals surface area contributed by atoms with Crippen molar-refractivity contribution in [1.82, 2.24) is 103 Å². The summed E-state index contributed by atoms with van der Waals surface area (Å²) in [6.45, 7) is 3.94. The predicted molar refractivity (Wildman–Crippen MR) is 370 cm³/mol. The Bertz CT molecular complexity index is 4100. The predicted octanol–water partition coefficient (Wildman–Crippen LogP) is -13.6. The zero-order chi connectivity index (χ0) is 83.7. The van der Waals surface area contributed by atoms with Crippen molar-refractivity contribution < 1.29 is 150 Å². The molecule has 7 saturated heterocycles. The maximum Gasteiger partial charge on any atom is 0.491 e. The maximum atomic E-state index is 10.4. The summed E-state index contributed by atoms with van der Waals surface area (Å²) in [6.07, 6.45) is -19.9. The van der Waals surface area contributed by atoms with E-state index in [9.17, 15) is 81.6 Å². The molecule has 0 radical (unpaired) electrons. The number of nitrogens with two attached hydrogens (primary N) is 1. The quantitative estimate of drug-likeness (QED) is 0.0174. The smallest absolute Gasteiger partial charge is 0.394 e. The molecule has 114 heavy (non-hydrogen) atoms. The van der Waals surface area contributed by atoms with Crippen molar-refractivity contribution in [3.8, 4) is 23.7 Å². The van der Waals surface area contributed by atoms with Gasteiger partial charge in [0.05, 0.1) is 46.2 Å². The highest BCUT2D eigenvalue weighted by Gasteiger charge is 2.50. The molecule has 7 aromatic heterocycles. The second kappa shape index (κ2) is 42.1. The minimum atomic E-state index is -1.34. The Morgan fingerprint density at radius 3 is 1.02 bits per heavy atom. The van der Waals surface area contributed by atoms with E-state index in [1.165, 1.54) is 59.7 Å². The summed E-state index contributed by atoms with van der Waals surface area (Å²) in [5.74, 6) is 12.1. The number of aryl methyl sites for hydroxylation is 2. The molecule has 0 saturated carbocycles. The molecule has 0 aliphatic carbocycles. The minimum absolute atomic E-state index is 0.0488. The summed E-state index contributed by atoms with van der Waals surface area (Å²) in [5, 5.41) is 243. The van der Waals surface area contributed by atoms with Gasteiger partial charge in [-0.15, -0.1) is 25.1 Å². The number of hydrogen-bond donors (Lipinski definition) is 23. The van der Waals surface area contributed by atoms with Gasteiger partial charge < -0.3 is 161 Å². The summed E-state index contributed by atoms with van der Waals surface area (Å²) in [4.78, 5) is 36.3. The van der Waals surface area contributed by atoms with Gasteiger partial charge in [0, 0.05) is 34.1 Å². The number of nitro groups is 1. The number of rotatable bonds is 17. The lowest BCUT2D eigenvalue weighted by Crippen LogP contribution is -2.33. The van der Waals surface area contributed by atoms with Crippen LogP contribution >= 0.6 is 22.6 Å². The molecule has 0 spiro atoms. The van der Waals surface area contributed by atoms with Crippen molar-refractivity contribution >= 4 is 34.5 Å². The first-order chi connectivity index (χ1) is 54.4. The molecule has 0 aromatic carbocycles. The first-order valence-corrected chi connectivity index (χ1v) is 35.2. The number of ether oxygens (including phenoxy) is 7. The molecule has 55 heteroatoms. The number of nitrogen functional groups attached to an aromatic ring is 1. The second-order valence-electron chi connectivity index (χ2n) is 25.0. The minimum Gasteiger partial charge on any atom is -0.394 e. The molecule has 632 valence electrons. The van der Waals surface area contributed by atoms with Gasteiger partial charge in [0.1, 0.15) is 178 Å². The monoisotopic (exact) mass is 1740 g/mol. The Labute approximate surface area is 654 Å². The van der Waals surface area contributed by atoms with Gasteiger partial charge in [0.15, 0.2) is 49.4 Å². The van der Waals surface area contributed by atoms with E-state index in [0.29, 0.717) is 33.5 Å². The SMILES string of the molecule is CC#Cc1nc(C)n([C@@H]2O[C@H](CO)C(O)[C@@H]2O)n1.CC#Cc1ncn([C@@H]2O[C@H](CO)C(O)[C@@H]2O)n1.CCc1ncn([C@@H]2O[C@H](CO)C(O)[C@@H]2O)n1.Nc1ncn([C@@H]2O[C@H](CO)C(O)[C@@H]2O)n1.O=[N+]([O-])c1ncn([C@@H]2O[C@H](CO)C(O)[C@@H]2O)n1.OC[C@H]1O[C@@H](n2cnc(I)n2)[C@@H](O)C1O.OCc1ncn([C@@H]2O[C@H](CO)C(O)[C@@H]2O)n1. The molecule has 0 amide bonds. The lowest BCUT2D eigenvalue weighted by Gasteiger charge is -2.15. The molecule has 28 atom stereocenters. The number of hydrogen-bond acceptors (Lipinski definition) is 46. The van der Waals surface area contributed by atoms with Crippen LogP contribution in [0.3, 0.4) is 0 Å². The fourth-order valence-electron chi connectivity index (χ4n) is 11.4. The normalized spacial score (nSPS) is 33.8. The van der Waals surface area contributed by atoms with E-state index < -0.39 is 196 Å². The van der Waals surface area contributed by atoms with Gasteiger partial charge in [-0.3, -0.25) is 0 Å². The topological polar surface area (TPSA) is 794 Å². The van der Waals surface area contributed by atoms with E-state index in [1.807, 2.05) is 29.5 Å². The van der Waals surface area contributed by atoms with E-state index in [0.717, 1.165) is 11.0 Å². The van der Waals surface area contributed by atoms with Gasteiger partial charge in [-0.25, -0.2) is 58.0 Å². The number of halogens is 1.